The van der Waals surface area contributed by atoms with Crippen LogP contribution in [0.15, 0.2) is 522 Å². The van der Waals surface area contributed by atoms with Gasteiger partial charge >= 0.3 is 0 Å². The molecule has 0 aliphatic rings. The topological polar surface area (TPSA) is 53.5 Å². The third-order valence-corrected chi connectivity index (χ3v) is 37.7. The van der Waals surface area contributed by atoms with Crippen molar-refractivity contribution in [1.29, 1.82) is 0 Å². The van der Waals surface area contributed by atoms with E-state index in [-0.39, 0.29) is 0 Å². The van der Waals surface area contributed by atoms with Crippen molar-refractivity contribution in [3.63, 3.8) is 0 Å². The van der Waals surface area contributed by atoms with Gasteiger partial charge in [-0.25, -0.2) is 15.0 Å². The van der Waals surface area contributed by atoms with Gasteiger partial charge in [0.15, 0.2) is 8.07 Å². The van der Waals surface area contributed by atoms with Gasteiger partial charge in [-0.15, -0.1) is 34.0 Å². The molecule has 145 heavy (non-hydrogen) atoms. The summed E-state index contributed by atoms with van der Waals surface area (Å²) in [5.74, 6) is 0. The van der Waals surface area contributed by atoms with Crippen LogP contribution in [0, 0.1) is 0 Å². The molecule has 0 bridgehead atoms. The standard InChI is InChI=1S/C51H31N3S.C45H31NSSi.C39H24N2S/c1-7-22-43-41(20-1)51-49(42-21-6-12-27-48(42)55-51)50(52-43)33-15-13-14-32(28-33)34-29-35(53-44-23-8-2-16-37(44)38-17-3-9-24-45(38)53)31-36(30-34)54-46-25-10-4-18-39(46)40-19-5-11-26-47(40)54;1-4-17-35(18-5-1)48(36-19-6-2-7-20-36,37-21-8-3-9-22-37)38-29-27-32(28-30-38)33-15-14-16-34(31-33)44-43-40-24-11-13-26-42(40)47-45(43)39-23-10-12-25-41(39)46-44;1-5-19-33-31(17-1)39-37(32-18-4-8-22-36(32)42-39)38(40-33)27-13-9-11-25(23-27)26-12-10-14-28(24-26)41-34-20-6-2-15-29(34)30-16-3-7-21-35(30)41/h1-31H;1-31H;1-24H. The van der Waals surface area contributed by atoms with Crippen LogP contribution in [0.1, 0.15) is 0 Å². The van der Waals surface area contributed by atoms with Gasteiger partial charge < -0.3 is 13.7 Å². The highest BCUT2D eigenvalue weighted by atomic mass is 32.1. The Hall–Kier alpha value is -17.9. The first-order chi connectivity index (χ1) is 71.9. The minimum atomic E-state index is -2.57. The van der Waals surface area contributed by atoms with Crippen molar-refractivity contribution in [3.8, 4) is 84.2 Å². The Morgan fingerprint density at radius 3 is 0.738 bits per heavy atom. The van der Waals surface area contributed by atoms with Crippen LogP contribution >= 0.6 is 34.0 Å². The van der Waals surface area contributed by atoms with Crippen molar-refractivity contribution in [3.05, 3.63) is 522 Å². The Morgan fingerprint density at radius 1 is 0.159 bits per heavy atom. The molecule has 678 valence electrons. The molecular formula is C135H86N6S3Si. The Kier molecular flexibility index (Phi) is 20.8. The highest BCUT2D eigenvalue weighted by molar-refractivity contribution is 7.28. The van der Waals surface area contributed by atoms with Crippen LogP contribution in [-0.2, 0) is 0 Å². The van der Waals surface area contributed by atoms with Crippen molar-refractivity contribution in [2.45, 2.75) is 0 Å². The predicted molar refractivity (Wildman–Crippen MR) is 623 cm³/mol. The van der Waals surface area contributed by atoms with Gasteiger partial charge in [0.25, 0.3) is 0 Å². The lowest BCUT2D eigenvalue weighted by Crippen LogP contribution is -2.74. The number of thiophene rings is 3. The summed E-state index contributed by atoms with van der Waals surface area (Å²) < 4.78 is 15.0. The number of rotatable bonds is 13. The minimum Gasteiger partial charge on any atom is -0.309 e. The van der Waals surface area contributed by atoms with Gasteiger partial charge in [0.1, 0.15) is 0 Å². The van der Waals surface area contributed by atoms with Crippen molar-refractivity contribution >= 4 is 221 Å². The van der Waals surface area contributed by atoms with Crippen LogP contribution in [0.25, 0.3) is 243 Å². The monoisotopic (exact) mass is 1910 g/mol. The van der Waals surface area contributed by atoms with E-state index in [9.17, 15) is 0 Å². The van der Waals surface area contributed by atoms with E-state index in [4.69, 9.17) is 15.0 Å². The fraction of sp³-hybridized carbons (Fsp3) is 0. The van der Waals surface area contributed by atoms with Crippen LogP contribution < -0.4 is 20.7 Å². The average Bonchev–Trinajstić information content (AvgIpc) is 1.27. The van der Waals surface area contributed by atoms with Gasteiger partial charge in [0.2, 0.25) is 0 Å². The lowest BCUT2D eigenvalue weighted by atomic mass is 9.97. The molecule has 0 aliphatic carbocycles. The second-order valence-corrected chi connectivity index (χ2v) is 44.4. The zero-order valence-corrected chi connectivity index (χ0v) is 82.0. The number of hydrogen-bond donors (Lipinski definition) is 0. The fourth-order valence-corrected chi connectivity index (χ4v) is 31.3. The average molecular weight is 1920 g/mol. The van der Waals surface area contributed by atoms with Crippen LogP contribution in [-0.4, -0.2) is 36.7 Å². The zero-order valence-electron chi connectivity index (χ0n) is 78.6. The van der Waals surface area contributed by atoms with Crippen molar-refractivity contribution in [2.75, 3.05) is 0 Å². The molecule has 0 aliphatic heterocycles. The normalized spacial score (nSPS) is 11.9. The molecule has 0 radical (unpaired) electrons. The number of benzene rings is 21. The maximum Gasteiger partial charge on any atom is 0.179 e. The molecule has 10 heteroatoms. The smallest absolute Gasteiger partial charge is 0.179 e. The maximum atomic E-state index is 5.38. The van der Waals surface area contributed by atoms with Crippen LogP contribution in [0.2, 0.25) is 0 Å². The van der Waals surface area contributed by atoms with E-state index in [0.717, 1.165) is 78.5 Å². The number of nitrogens with zero attached hydrogens (tertiary/aromatic N) is 6. The summed E-state index contributed by atoms with van der Waals surface area (Å²) in [6.07, 6.45) is 0. The van der Waals surface area contributed by atoms with Crippen LogP contribution in [0.3, 0.4) is 0 Å². The van der Waals surface area contributed by atoms with E-state index >= 15 is 0 Å². The van der Waals surface area contributed by atoms with Gasteiger partial charge in [-0.1, -0.05) is 400 Å². The summed E-state index contributed by atoms with van der Waals surface area (Å²) in [6.45, 7) is 0. The molecule has 0 amide bonds. The molecule has 30 aromatic rings. The lowest BCUT2D eigenvalue weighted by molar-refractivity contribution is 1.13. The van der Waals surface area contributed by atoms with Crippen LogP contribution in [0.4, 0.5) is 0 Å². The van der Waals surface area contributed by atoms with E-state index < -0.39 is 8.07 Å². The Balaban J connectivity index is 0.000000107. The minimum absolute atomic E-state index is 1.02. The fourth-order valence-electron chi connectivity index (χ4n) is 22.8. The summed E-state index contributed by atoms with van der Waals surface area (Å²) in [5.41, 5.74) is 27.2. The molecule has 0 atom stereocenters. The summed E-state index contributed by atoms with van der Waals surface area (Å²) in [5, 5.41) is 24.2. The SMILES string of the molecule is c1cc(-c2cc(-n3c4ccccc4c4ccccc43)cc(-n3c4ccccc4c4ccccc43)c2)cc(-c2nc3ccccc3c3sc4ccccc4c23)c1.c1cc(-c2cccc(-n3c4ccccc4c4ccccc43)c2)cc(-c2nc3ccccc3c3sc4ccccc4c23)c1.c1ccc([Si](c2ccccc2)(c2ccccc2)c2ccc(-c3cccc(-c4nc5ccccc5c5sc6ccccc6c45)c3)cc2)cc1. The molecule has 0 spiro atoms. The molecule has 6 nitrogen and oxygen atoms in total. The first-order valence-electron chi connectivity index (χ1n) is 49.3. The quantitative estimate of drug-likeness (QED) is 0.0854. The zero-order chi connectivity index (χ0) is 95.6. The van der Waals surface area contributed by atoms with E-state index in [1.54, 1.807) is 0 Å². The largest absolute Gasteiger partial charge is 0.309 e. The summed E-state index contributed by atoms with van der Waals surface area (Å²) in [6, 6.07) is 190. The molecular weight excluding hydrogens is 1830 g/mol. The molecule has 21 aromatic carbocycles. The van der Waals surface area contributed by atoms with Crippen LogP contribution in [0.5, 0.6) is 0 Å². The number of fused-ring (bicyclic) bond motifs is 24. The molecule has 9 aromatic heterocycles. The first-order valence-corrected chi connectivity index (χ1v) is 53.8. The number of para-hydroxylation sites is 9. The first kappa shape index (κ1) is 85.1. The van der Waals surface area contributed by atoms with Crippen molar-refractivity contribution in [2.24, 2.45) is 0 Å². The molecule has 0 fully saturated rings. The third-order valence-electron chi connectivity index (χ3n) is 29.2. The Labute approximate surface area is 849 Å². The molecule has 9 heterocycles. The molecule has 0 N–H and O–H groups in total. The number of pyridine rings is 3. The maximum absolute atomic E-state index is 5.38. The third kappa shape index (κ3) is 14.3. The molecule has 0 saturated carbocycles. The van der Waals surface area contributed by atoms with Gasteiger partial charge in [-0.3, -0.25) is 0 Å². The lowest BCUT2D eigenvalue weighted by Gasteiger charge is -2.34. The van der Waals surface area contributed by atoms with Gasteiger partial charge in [-0.05, 0) is 175 Å². The summed E-state index contributed by atoms with van der Waals surface area (Å²) in [4.78, 5) is 15.9. The summed E-state index contributed by atoms with van der Waals surface area (Å²) >= 11 is 5.58. The second kappa shape index (κ2) is 35.4. The highest BCUT2D eigenvalue weighted by Crippen LogP contribution is 2.49. The van der Waals surface area contributed by atoms with Gasteiger partial charge in [0.05, 0.1) is 66.7 Å². The predicted octanol–water partition coefficient (Wildman–Crippen LogP) is 34.5. The van der Waals surface area contributed by atoms with E-state index in [1.165, 1.54) is 185 Å². The Bertz CT molecular complexity index is 10000. The van der Waals surface area contributed by atoms with Gasteiger partial charge in [-0.2, -0.15) is 0 Å². The van der Waals surface area contributed by atoms with E-state index in [1.807, 2.05) is 34.0 Å². The number of aromatic nitrogens is 6. The van der Waals surface area contributed by atoms with Gasteiger partial charge in [0, 0.05) is 143 Å². The molecule has 30 rings (SSSR count). The summed E-state index contributed by atoms with van der Waals surface area (Å²) in [7, 11) is -2.57. The Morgan fingerprint density at radius 2 is 0.400 bits per heavy atom. The van der Waals surface area contributed by atoms with Crippen molar-refractivity contribution in [1.82, 2.24) is 28.7 Å². The van der Waals surface area contributed by atoms with E-state index in [0.29, 0.717) is 0 Å². The van der Waals surface area contributed by atoms with E-state index in [2.05, 4.69) is 535 Å². The molecule has 0 saturated heterocycles. The van der Waals surface area contributed by atoms with Crippen molar-refractivity contribution < 1.29 is 0 Å². The second-order valence-electron chi connectivity index (χ2n) is 37.4. The number of hydrogen-bond acceptors (Lipinski definition) is 6. The highest BCUT2D eigenvalue weighted by Gasteiger charge is 2.41. The molecule has 0 unspecified atom stereocenters.